The molecule has 34 heavy (non-hydrogen) atoms. The Morgan fingerprint density at radius 2 is 1.53 bits per heavy atom. The molecule has 2 amide bonds. The van der Waals surface area contributed by atoms with E-state index in [0.29, 0.717) is 22.7 Å². The molecule has 0 saturated carbocycles. The number of hydrogen-bond acceptors (Lipinski definition) is 7. The highest BCUT2D eigenvalue weighted by Crippen LogP contribution is 2.36. The first kappa shape index (κ1) is 22.5. The van der Waals surface area contributed by atoms with Crippen LogP contribution in [0.15, 0.2) is 72.4 Å². The lowest BCUT2D eigenvalue weighted by Crippen LogP contribution is -2.32. The number of amides is 2. The Hall–Kier alpha value is -4.73. The van der Waals surface area contributed by atoms with Gasteiger partial charge < -0.3 is 14.8 Å². The van der Waals surface area contributed by atoms with Gasteiger partial charge in [-0.15, -0.1) is 0 Å². The maximum absolute atomic E-state index is 13.4. The van der Waals surface area contributed by atoms with Gasteiger partial charge in [0.25, 0.3) is 17.5 Å². The summed E-state index contributed by atoms with van der Waals surface area (Å²) in [5.41, 5.74) is 0.728. The number of hydrogen-bond donors (Lipinski definition) is 1. The van der Waals surface area contributed by atoms with Gasteiger partial charge in [0.05, 0.1) is 30.4 Å². The van der Waals surface area contributed by atoms with Crippen molar-refractivity contribution < 1.29 is 28.4 Å². The third kappa shape index (κ3) is 4.04. The van der Waals surface area contributed by atoms with E-state index in [-0.39, 0.29) is 22.6 Å². The summed E-state index contributed by atoms with van der Waals surface area (Å²) in [7, 11) is 2.95. The molecule has 0 aromatic heterocycles. The highest BCUT2D eigenvalue weighted by molar-refractivity contribution is 6.46. The molecule has 0 saturated heterocycles. The minimum absolute atomic E-state index is 0.0130. The number of halogens is 1. The number of benzene rings is 3. The van der Waals surface area contributed by atoms with Crippen LogP contribution >= 0.6 is 0 Å². The van der Waals surface area contributed by atoms with E-state index in [0.717, 1.165) is 17.0 Å². The molecular weight excluding hydrogens is 445 g/mol. The quantitative estimate of drug-likeness (QED) is 0.318. The van der Waals surface area contributed by atoms with Crippen LogP contribution < -0.4 is 19.7 Å². The lowest BCUT2D eigenvalue weighted by atomic mass is 10.0. The van der Waals surface area contributed by atoms with Crippen LogP contribution in [0.2, 0.25) is 0 Å². The van der Waals surface area contributed by atoms with Crippen molar-refractivity contribution in [2.24, 2.45) is 0 Å². The number of non-ortho nitro benzene ring substituents is 1. The van der Waals surface area contributed by atoms with Crippen LogP contribution in [0.5, 0.6) is 11.5 Å². The van der Waals surface area contributed by atoms with E-state index in [2.05, 4.69) is 5.32 Å². The number of nitro groups is 1. The molecule has 1 heterocycles. The Balaban J connectivity index is 1.81. The van der Waals surface area contributed by atoms with Crippen LogP contribution in [0, 0.1) is 15.9 Å². The van der Waals surface area contributed by atoms with Crippen molar-refractivity contribution in [3.63, 3.8) is 0 Å². The van der Waals surface area contributed by atoms with Gasteiger partial charge in [-0.25, -0.2) is 9.29 Å². The van der Waals surface area contributed by atoms with Gasteiger partial charge in [0.2, 0.25) is 0 Å². The summed E-state index contributed by atoms with van der Waals surface area (Å²) in [6, 6.07) is 15.1. The van der Waals surface area contributed by atoms with E-state index >= 15 is 0 Å². The number of carbonyl (C=O) groups is 2. The van der Waals surface area contributed by atoms with Gasteiger partial charge in [0.15, 0.2) is 11.5 Å². The minimum Gasteiger partial charge on any atom is -0.493 e. The average molecular weight is 463 g/mol. The predicted octanol–water partition coefficient (Wildman–Crippen LogP) is 4.15. The Bertz CT molecular complexity index is 1320. The lowest BCUT2D eigenvalue weighted by Gasteiger charge is -2.15. The summed E-state index contributed by atoms with van der Waals surface area (Å²) < 4.78 is 23.9. The van der Waals surface area contributed by atoms with Gasteiger partial charge in [-0.05, 0) is 54.1 Å². The summed E-state index contributed by atoms with van der Waals surface area (Å²) in [6.45, 7) is 0. The highest BCUT2D eigenvalue weighted by atomic mass is 19.1. The lowest BCUT2D eigenvalue weighted by molar-refractivity contribution is -0.384. The molecule has 172 valence electrons. The van der Waals surface area contributed by atoms with Crippen LogP contribution in [-0.2, 0) is 9.59 Å². The van der Waals surface area contributed by atoms with Crippen molar-refractivity contribution in [1.82, 2.24) is 0 Å². The second-order valence-electron chi connectivity index (χ2n) is 7.17. The predicted molar refractivity (Wildman–Crippen MR) is 122 cm³/mol. The number of nitro benzene ring substituents is 1. The fourth-order valence-corrected chi connectivity index (χ4v) is 3.55. The molecule has 9 nitrogen and oxygen atoms in total. The highest BCUT2D eigenvalue weighted by Gasteiger charge is 2.40. The van der Waals surface area contributed by atoms with E-state index in [1.54, 1.807) is 18.2 Å². The molecule has 3 aromatic rings. The molecule has 0 fully saturated rings. The normalized spacial score (nSPS) is 13.3. The van der Waals surface area contributed by atoms with E-state index < -0.39 is 22.6 Å². The zero-order valence-electron chi connectivity index (χ0n) is 18.1. The number of methoxy groups -OCH3 is 2. The van der Waals surface area contributed by atoms with Crippen molar-refractivity contribution in [3.05, 3.63) is 93.9 Å². The monoisotopic (exact) mass is 463 g/mol. The summed E-state index contributed by atoms with van der Waals surface area (Å²) in [5.74, 6) is -0.972. The van der Waals surface area contributed by atoms with Gasteiger partial charge in [0, 0.05) is 23.9 Å². The first-order valence-electron chi connectivity index (χ1n) is 9.96. The molecule has 0 spiro atoms. The summed E-state index contributed by atoms with van der Waals surface area (Å²) in [5, 5.41) is 14.0. The van der Waals surface area contributed by atoms with Crippen LogP contribution in [0.1, 0.15) is 5.56 Å². The minimum atomic E-state index is -0.667. The van der Waals surface area contributed by atoms with Crippen LogP contribution in [0.3, 0.4) is 0 Å². The van der Waals surface area contributed by atoms with Crippen molar-refractivity contribution in [1.29, 1.82) is 0 Å². The Morgan fingerprint density at radius 1 is 0.882 bits per heavy atom. The van der Waals surface area contributed by atoms with Crippen LogP contribution in [0.4, 0.5) is 21.5 Å². The van der Waals surface area contributed by atoms with E-state index in [1.807, 2.05) is 0 Å². The molecule has 1 N–H and O–H groups in total. The Kier molecular flexibility index (Phi) is 5.96. The van der Waals surface area contributed by atoms with E-state index in [9.17, 15) is 24.1 Å². The molecule has 0 bridgehead atoms. The smallest absolute Gasteiger partial charge is 0.282 e. The van der Waals surface area contributed by atoms with E-state index in [4.69, 9.17) is 9.47 Å². The maximum atomic E-state index is 13.4. The van der Waals surface area contributed by atoms with Crippen molar-refractivity contribution in [3.8, 4) is 11.5 Å². The Labute approximate surface area is 193 Å². The number of imide groups is 1. The fraction of sp³-hybridized carbons (Fsp3) is 0.0833. The van der Waals surface area contributed by atoms with Gasteiger partial charge in [-0.3, -0.25) is 19.7 Å². The van der Waals surface area contributed by atoms with Gasteiger partial charge >= 0.3 is 0 Å². The number of carbonyl (C=O) groups excluding carboxylic acids is 2. The van der Waals surface area contributed by atoms with Crippen molar-refractivity contribution in [2.45, 2.75) is 0 Å². The molecule has 0 aliphatic carbocycles. The maximum Gasteiger partial charge on any atom is 0.282 e. The molecule has 10 heteroatoms. The van der Waals surface area contributed by atoms with Gasteiger partial charge in [0.1, 0.15) is 11.5 Å². The van der Waals surface area contributed by atoms with E-state index in [1.165, 1.54) is 50.6 Å². The topological polar surface area (TPSA) is 111 Å². The second kappa shape index (κ2) is 9.02. The van der Waals surface area contributed by atoms with Gasteiger partial charge in [-0.1, -0.05) is 0 Å². The largest absolute Gasteiger partial charge is 0.493 e. The second-order valence-corrected chi connectivity index (χ2v) is 7.17. The Morgan fingerprint density at radius 3 is 2.12 bits per heavy atom. The number of nitrogens with zero attached hydrogens (tertiary/aromatic N) is 2. The number of rotatable bonds is 7. The molecule has 1 aliphatic heterocycles. The average Bonchev–Trinajstić information content (AvgIpc) is 3.08. The SMILES string of the molecule is COc1ccc(NC2=C(c3ccc([N+](=O)[O-])cc3)C(=O)N(c3ccc(F)cc3)C2=O)cc1OC. The molecule has 4 rings (SSSR count). The summed E-state index contributed by atoms with van der Waals surface area (Å²) >= 11 is 0. The molecule has 0 atom stereocenters. The molecule has 0 radical (unpaired) electrons. The van der Waals surface area contributed by atoms with Crippen LogP contribution in [-0.4, -0.2) is 31.0 Å². The standard InChI is InChI=1S/C24H18FN3O6/c1-33-19-12-7-16(13-20(19)34-2)26-22-21(14-3-8-18(9-4-14)28(31)32)23(29)27(24(22)30)17-10-5-15(25)6-11-17/h3-13,26H,1-2H3. The summed E-state index contributed by atoms with van der Waals surface area (Å²) in [6.07, 6.45) is 0. The number of ether oxygens (including phenoxy) is 2. The summed E-state index contributed by atoms with van der Waals surface area (Å²) in [4.78, 5) is 38.1. The number of nitrogens with one attached hydrogen (secondary N) is 1. The molecular formula is C24H18FN3O6. The fourth-order valence-electron chi connectivity index (χ4n) is 3.55. The number of anilines is 2. The molecule has 0 unspecified atom stereocenters. The van der Waals surface area contributed by atoms with Gasteiger partial charge in [-0.2, -0.15) is 0 Å². The molecule has 3 aromatic carbocycles. The van der Waals surface area contributed by atoms with Crippen molar-refractivity contribution in [2.75, 3.05) is 24.4 Å². The third-order valence-electron chi connectivity index (χ3n) is 5.19. The zero-order chi connectivity index (χ0) is 24.4. The first-order valence-corrected chi connectivity index (χ1v) is 9.96. The first-order chi connectivity index (χ1) is 16.3. The van der Waals surface area contributed by atoms with Crippen molar-refractivity contribution >= 4 is 34.4 Å². The molecule has 1 aliphatic rings. The zero-order valence-corrected chi connectivity index (χ0v) is 18.1. The van der Waals surface area contributed by atoms with Crippen LogP contribution in [0.25, 0.3) is 5.57 Å². The third-order valence-corrected chi connectivity index (χ3v) is 5.19.